The number of nitrogens with zero attached hydrogens (tertiary/aromatic N) is 1. The minimum atomic E-state index is -0.166. The number of aryl methyl sites for hydroxylation is 1. The lowest BCUT2D eigenvalue weighted by Crippen LogP contribution is -2.15. The molecule has 53 heavy (non-hydrogen) atoms. The maximum Gasteiger partial charge on any atom is 0.0546 e. The Kier molecular flexibility index (Phi) is 7.13. The van der Waals surface area contributed by atoms with Crippen LogP contribution in [0.15, 0.2) is 182 Å². The van der Waals surface area contributed by atoms with Crippen LogP contribution < -0.4 is 4.90 Å². The van der Waals surface area contributed by atoms with Crippen molar-refractivity contribution in [2.75, 3.05) is 4.90 Å². The summed E-state index contributed by atoms with van der Waals surface area (Å²) in [5.41, 5.74) is 14.8. The third-order valence-corrected chi connectivity index (χ3v) is 11.5. The van der Waals surface area contributed by atoms with E-state index in [4.69, 9.17) is 0 Å². The van der Waals surface area contributed by atoms with Crippen LogP contribution in [0.4, 0.5) is 17.1 Å². The predicted octanol–water partition coefficient (Wildman–Crippen LogP) is 14.6. The Morgan fingerprint density at radius 2 is 0.962 bits per heavy atom. The lowest BCUT2D eigenvalue weighted by molar-refractivity contribution is 0.663. The first kappa shape index (κ1) is 31.3. The van der Waals surface area contributed by atoms with Crippen LogP contribution in [0.1, 0.15) is 30.5 Å². The molecule has 0 fully saturated rings. The summed E-state index contributed by atoms with van der Waals surface area (Å²) in [6.07, 6.45) is 0. The van der Waals surface area contributed by atoms with E-state index >= 15 is 0 Å². The number of hydrogen-bond donors (Lipinski definition) is 0. The molecular formula is C52H39N. The van der Waals surface area contributed by atoms with Gasteiger partial charge in [0.1, 0.15) is 0 Å². The molecular weight excluding hydrogens is 639 g/mol. The maximum absolute atomic E-state index is 2.47. The topological polar surface area (TPSA) is 3.24 Å². The summed E-state index contributed by atoms with van der Waals surface area (Å²) >= 11 is 0. The summed E-state index contributed by atoms with van der Waals surface area (Å²) in [5, 5.41) is 7.96. The van der Waals surface area contributed by atoms with Gasteiger partial charge in [0.15, 0.2) is 0 Å². The molecule has 9 aromatic carbocycles. The van der Waals surface area contributed by atoms with Gasteiger partial charge in [-0.15, -0.1) is 0 Å². The Morgan fingerprint density at radius 1 is 0.396 bits per heavy atom. The second kappa shape index (κ2) is 12.1. The molecule has 0 aromatic heterocycles. The van der Waals surface area contributed by atoms with Crippen molar-refractivity contribution in [2.24, 2.45) is 0 Å². The smallest absolute Gasteiger partial charge is 0.0546 e. The lowest BCUT2D eigenvalue weighted by Gasteiger charge is -2.29. The Morgan fingerprint density at radius 3 is 1.66 bits per heavy atom. The van der Waals surface area contributed by atoms with Gasteiger partial charge in [-0.05, 0) is 138 Å². The van der Waals surface area contributed by atoms with Gasteiger partial charge in [-0.3, -0.25) is 0 Å². The lowest BCUT2D eigenvalue weighted by atomic mass is 9.79. The van der Waals surface area contributed by atoms with Gasteiger partial charge in [0.2, 0.25) is 0 Å². The number of rotatable bonds is 6. The number of anilines is 3. The second-order valence-corrected chi connectivity index (χ2v) is 15.0. The summed E-state index contributed by atoms with van der Waals surface area (Å²) in [6.45, 7) is 7.03. The Bertz CT molecular complexity index is 2820. The van der Waals surface area contributed by atoms with Crippen LogP contribution in [0.2, 0.25) is 0 Å². The van der Waals surface area contributed by atoms with E-state index in [1.54, 1.807) is 0 Å². The van der Waals surface area contributed by atoms with E-state index in [1.807, 2.05) is 0 Å². The average Bonchev–Trinajstić information content (AvgIpc) is 3.44. The van der Waals surface area contributed by atoms with Crippen molar-refractivity contribution < 1.29 is 0 Å². The van der Waals surface area contributed by atoms with E-state index in [1.165, 1.54) is 82.4 Å². The first-order valence-electron chi connectivity index (χ1n) is 18.6. The zero-order valence-corrected chi connectivity index (χ0v) is 30.3. The highest BCUT2D eigenvalue weighted by atomic mass is 15.1. The zero-order chi connectivity index (χ0) is 35.7. The van der Waals surface area contributed by atoms with Crippen molar-refractivity contribution in [2.45, 2.75) is 26.2 Å². The zero-order valence-electron chi connectivity index (χ0n) is 30.3. The van der Waals surface area contributed by atoms with Crippen molar-refractivity contribution in [3.63, 3.8) is 0 Å². The molecule has 10 rings (SSSR count). The van der Waals surface area contributed by atoms with Crippen LogP contribution in [-0.2, 0) is 5.41 Å². The van der Waals surface area contributed by atoms with Crippen LogP contribution >= 0.6 is 0 Å². The van der Waals surface area contributed by atoms with Gasteiger partial charge in [-0.2, -0.15) is 0 Å². The molecule has 0 atom stereocenters. The molecule has 1 aliphatic carbocycles. The summed E-state index contributed by atoms with van der Waals surface area (Å²) in [4.78, 5) is 2.41. The molecule has 0 aliphatic heterocycles. The van der Waals surface area contributed by atoms with Gasteiger partial charge >= 0.3 is 0 Å². The number of hydrogen-bond acceptors (Lipinski definition) is 1. The van der Waals surface area contributed by atoms with Gasteiger partial charge in [-0.25, -0.2) is 0 Å². The summed E-state index contributed by atoms with van der Waals surface area (Å²) < 4.78 is 0. The SMILES string of the molecule is Cc1ccccc1-c1ccc(-c2cc3c4c(ccc5cc(-c6cccc7ccccc67)cc(c54)C3(C)C)c2)cc1N(c1ccccc1)c1ccccc1. The molecule has 1 aliphatic rings. The first-order chi connectivity index (χ1) is 26.0. The molecule has 1 heteroatoms. The van der Waals surface area contributed by atoms with Gasteiger partial charge < -0.3 is 4.90 Å². The van der Waals surface area contributed by atoms with E-state index < -0.39 is 0 Å². The molecule has 0 amide bonds. The first-order valence-corrected chi connectivity index (χ1v) is 18.6. The monoisotopic (exact) mass is 677 g/mol. The fourth-order valence-corrected chi connectivity index (χ4v) is 8.84. The van der Waals surface area contributed by atoms with Gasteiger partial charge in [0, 0.05) is 22.4 Å². The van der Waals surface area contributed by atoms with Crippen molar-refractivity contribution in [3.8, 4) is 33.4 Å². The third-order valence-electron chi connectivity index (χ3n) is 11.5. The minimum absolute atomic E-state index is 0.166. The summed E-state index contributed by atoms with van der Waals surface area (Å²) in [5.74, 6) is 0. The highest BCUT2D eigenvalue weighted by molar-refractivity contribution is 6.17. The Hall–Kier alpha value is -6.44. The van der Waals surface area contributed by atoms with Crippen molar-refractivity contribution >= 4 is 49.4 Å². The number of benzene rings is 9. The summed E-state index contributed by atoms with van der Waals surface area (Å²) in [7, 11) is 0. The Labute approximate surface area is 311 Å². The number of fused-ring (bicyclic) bond motifs is 1. The van der Waals surface area contributed by atoms with Crippen LogP contribution in [0.5, 0.6) is 0 Å². The van der Waals surface area contributed by atoms with E-state index in [0.29, 0.717) is 0 Å². The normalized spacial score (nSPS) is 13.0. The molecule has 0 saturated carbocycles. The number of para-hydroxylation sites is 2. The molecule has 252 valence electrons. The fourth-order valence-electron chi connectivity index (χ4n) is 8.84. The molecule has 0 bridgehead atoms. The van der Waals surface area contributed by atoms with Crippen molar-refractivity contribution in [1.82, 2.24) is 0 Å². The van der Waals surface area contributed by atoms with E-state index in [2.05, 4.69) is 208 Å². The molecule has 0 spiro atoms. The predicted molar refractivity (Wildman–Crippen MR) is 227 cm³/mol. The van der Waals surface area contributed by atoms with Crippen LogP contribution in [0, 0.1) is 6.92 Å². The molecule has 9 aromatic rings. The van der Waals surface area contributed by atoms with Crippen LogP contribution in [-0.4, -0.2) is 0 Å². The third kappa shape index (κ3) is 4.99. The van der Waals surface area contributed by atoms with E-state index in [-0.39, 0.29) is 5.41 Å². The molecule has 0 N–H and O–H groups in total. The fraction of sp³-hybridized carbons (Fsp3) is 0.0769. The molecule has 0 saturated heterocycles. The van der Waals surface area contributed by atoms with Gasteiger partial charge in [0.25, 0.3) is 0 Å². The largest absolute Gasteiger partial charge is 0.310 e. The molecule has 0 unspecified atom stereocenters. The Balaban J connectivity index is 1.17. The standard InChI is InChI=1S/C52H39N/c1-34-15-10-12-22-43(34)46-28-27-36(33-49(46)53(41-18-6-4-7-19-41)42-20-8-5-9-21-42)39-29-37-25-26-38-30-40(45-24-14-17-35-16-11-13-23-44(35)45)32-48-51(38)50(37)47(31-39)52(48,2)3/h4-33H,1-3H3. The highest BCUT2D eigenvalue weighted by Crippen LogP contribution is 2.52. The molecule has 0 heterocycles. The summed E-state index contributed by atoms with van der Waals surface area (Å²) in [6, 6.07) is 67.1. The van der Waals surface area contributed by atoms with E-state index in [9.17, 15) is 0 Å². The van der Waals surface area contributed by atoms with Gasteiger partial charge in [0.05, 0.1) is 5.69 Å². The highest BCUT2D eigenvalue weighted by Gasteiger charge is 2.35. The maximum atomic E-state index is 2.47. The van der Waals surface area contributed by atoms with Crippen molar-refractivity contribution in [3.05, 3.63) is 199 Å². The second-order valence-electron chi connectivity index (χ2n) is 15.0. The molecule has 0 radical (unpaired) electrons. The van der Waals surface area contributed by atoms with Crippen LogP contribution in [0.3, 0.4) is 0 Å². The average molecular weight is 678 g/mol. The van der Waals surface area contributed by atoms with Gasteiger partial charge in [-0.1, -0.05) is 141 Å². The quantitative estimate of drug-likeness (QED) is 0.158. The molecule has 1 nitrogen and oxygen atoms in total. The van der Waals surface area contributed by atoms with E-state index in [0.717, 1.165) is 17.1 Å². The van der Waals surface area contributed by atoms with Crippen molar-refractivity contribution in [1.29, 1.82) is 0 Å². The van der Waals surface area contributed by atoms with Crippen LogP contribution in [0.25, 0.3) is 65.7 Å². The minimum Gasteiger partial charge on any atom is -0.310 e.